The summed E-state index contributed by atoms with van der Waals surface area (Å²) in [6, 6.07) is 17.5. The van der Waals surface area contributed by atoms with Crippen molar-refractivity contribution >= 4 is 0 Å². The number of pyridine rings is 1. The number of para-hydroxylation sites is 1. The standard InChI is InChI=1S/C23H23NO2/c1-16-22(23(25)20-10-6-7-11-21(20)24(16)2)17-12-14-19(15-13-17)26-18-8-4-3-5-9-18/h3-5,8-9,12-15H,6-7,10-11H2,1-2H3. The van der Waals surface area contributed by atoms with Crippen LogP contribution in [0.4, 0.5) is 0 Å². The van der Waals surface area contributed by atoms with Crippen LogP contribution in [0.15, 0.2) is 59.4 Å². The van der Waals surface area contributed by atoms with Crippen LogP contribution in [0.5, 0.6) is 11.5 Å². The van der Waals surface area contributed by atoms with Crippen LogP contribution in [-0.4, -0.2) is 4.57 Å². The van der Waals surface area contributed by atoms with Crippen LogP contribution in [0.2, 0.25) is 0 Å². The largest absolute Gasteiger partial charge is 0.457 e. The van der Waals surface area contributed by atoms with Gasteiger partial charge in [-0.15, -0.1) is 0 Å². The Balaban J connectivity index is 1.72. The van der Waals surface area contributed by atoms with Crippen molar-refractivity contribution in [1.29, 1.82) is 0 Å². The van der Waals surface area contributed by atoms with Crippen molar-refractivity contribution in [2.24, 2.45) is 7.05 Å². The Morgan fingerprint density at radius 1 is 0.885 bits per heavy atom. The smallest absolute Gasteiger partial charge is 0.193 e. The van der Waals surface area contributed by atoms with Crippen LogP contribution < -0.4 is 10.2 Å². The van der Waals surface area contributed by atoms with E-state index >= 15 is 0 Å². The van der Waals surface area contributed by atoms with E-state index in [1.54, 1.807) is 0 Å². The summed E-state index contributed by atoms with van der Waals surface area (Å²) in [4.78, 5) is 13.1. The van der Waals surface area contributed by atoms with Gasteiger partial charge in [-0.1, -0.05) is 30.3 Å². The molecule has 0 saturated heterocycles. The first kappa shape index (κ1) is 16.6. The third kappa shape index (κ3) is 2.94. The predicted molar refractivity (Wildman–Crippen MR) is 105 cm³/mol. The molecular weight excluding hydrogens is 322 g/mol. The van der Waals surface area contributed by atoms with Gasteiger partial charge in [0, 0.05) is 29.6 Å². The quantitative estimate of drug-likeness (QED) is 0.666. The second-order valence-corrected chi connectivity index (χ2v) is 6.92. The molecule has 1 heterocycles. The van der Waals surface area contributed by atoms with Gasteiger partial charge in [0.1, 0.15) is 11.5 Å². The molecule has 3 aromatic rings. The Labute approximate surface area is 153 Å². The molecule has 132 valence electrons. The molecule has 0 N–H and O–H groups in total. The molecule has 26 heavy (non-hydrogen) atoms. The average molecular weight is 345 g/mol. The average Bonchev–Trinajstić information content (AvgIpc) is 2.68. The van der Waals surface area contributed by atoms with Gasteiger partial charge in [-0.3, -0.25) is 4.79 Å². The summed E-state index contributed by atoms with van der Waals surface area (Å²) in [7, 11) is 2.08. The summed E-state index contributed by atoms with van der Waals surface area (Å²) in [5.41, 5.74) is 5.23. The van der Waals surface area contributed by atoms with Gasteiger partial charge in [-0.05, 0) is 62.4 Å². The highest BCUT2D eigenvalue weighted by Crippen LogP contribution is 2.28. The molecule has 0 amide bonds. The Bertz CT molecular complexity index is 985. The summed E-state index contributed by atoms with van der Waals surface area (Å²) in [6.07, 6.45) is 4.18. The molecule has 0 radical (unpaired) electrons. The molecule has 0 saturated carbocycles. The minimum Gasteiger partial charge on any atom is -0.457 e. The second-order valence-electron chi connectivity index (χ2n) is 6.92. The molecular formula is C23H23NO2. The normalized spacial score (nSPS) is 13.3. The minimum absolute atomic E-state index is 0.201. The molecule has 3 nitrogen and oxygen atoms in total. The number of aromatic nitrogens is 1. The molecule has 4 rings (SSSR count). The Kier molecular flexibility index (Phi) is 4.37. The lowest BCUT2D eigenvalue weighted by Crippen LogP contribution is -2.25. The zero-order valence-electron chi connectivity index (χ0n) is 15.3. The highest BCUT2D eigenvalue weighted by molar-refractivity contribution is 5.68. The molecule has 1 aliphatic rings. The van der Waals surface area contributed by atoms with E-state index in [1.165, 1.54) is 12.1 Å². The van der Waals surface area contributed by atoms with Crippen molar-refractivity contribution < 1.29 is 4.74 Å². The van der Waals surface area contributed by atoms with Crippen molar-refractivity contribution in [2.45, 2.75) is 32.6 Å². The van der Waals surface area contributed by atoms with E-state index in [0.29, 0.717) is 0 Å². The Hall–Kier alpha value is -2.81. The number of fused-ring (bicyclic) bond motifs is 1. The van der Waals surface area contributed by atoms with E-state index in [9.17, 15) is 4.79 Å². The lowest BCUT2D eigenvalue weighted by Gasteiger charge is -2.23. The fourth-order valence-corrected chi connectivity index (χ4v) is 3.84. The van der Waals surface area contributed by atoms with E-state index in [2.05, 4.69) is 11.6 Å². The number of rotatable bonds is 3. The van der Waals surface area contributed by atoms with Crippen LogP contribution in [0.3, 0.4) is 0 Å². The van der Waals surface area contributed by atoms with E-state index in [0.717, 1.165) is 53.1 Å². The fraction of sp³-hybridized carbons (Fsp3) is 0.261. The van der Waals surface area contributed by atoms with Crippen molar-refractivity contribution in [3.05, 3.63) is 81.8 Å². The minimum atomic E-state index is 0.201. The summed E-state index contributed by atoms with van der Waals surface area (Å²) in [6.45, 7) is 2.04. The summed E-state index contributed by atoms with van der Waals surface area (Å²) >= 11 is 0. The topological polar surface area (TPSA) is 31.2 Å². The monoisotopic (exact) mass is 345 g/mol. The highest BCUT2D eigenvalue weighted by atomic mass is 16.5. The molecule has 0 spiro atoms. The van der Waals surface area contributed by atoms with Gasteiger partial charge in [0.05, 0.1) is 0 Å². The third-order valence-electron chi connectivity index (χ3n) is 5.33. The molecule has 2 aromatic carbocycles. The zero-order valence-corrected chi connectivity index (χ0v) is 15.3. The van der Waals surface area contributed by atoms with Crippen molar-refractivity contribution in [2.75, 3.05) is 0 Å². The molecule has 1 aromatic heterocycles. The van der Waals surface area contributed by atoms with Crippen molar-refractivity contribution in [1.82, 2.24) is 4.57 Å². The molecule has 0 unspecified atom stereocenters. The maximum Gasteiger partial charge on any atom is 0.193 e. The van der Waals surface area contributed by atoms with E-state index in [-0.39, 0.29) is 5.43 Å². The zero-order chi connectivity index (χ0) is 18.1. The maximum absolute atomic E-state index is 13.1. The van der Waals surface area contributed by atoms with Crippen LogP contribution >= 0.6 is 0 Å². The number of hydrogen-bond acceptors (Lipinski definition) is 2. The second kappa shape index (κ2) is 6.83. The molecule has 0 atom stereocenters. The third-order valence-corrected chi connectivity index (χ3v) is 5.33. The van der Waals surface area contributed by atoms with Crippen LogP contribution in [-0.2, 0) is 19.9 Å². The molecule has 0 bridgehead atoms. The van der Waals surface area contributed by atoms with Crippen molar-refractivity contribution in [3.63, 3.8) is 0 Å². The first-order valence-corrected chi connectivity index (χ1v) is 9.20. The Morgan fingerprint density at radius 3 is 2.27 bits per heavy atom. The maximum atomic E-state index is 13.1. The predicted octanol–water partition coefficient (Wildman–Crippen LogP) is 5.03. The van der Waals surface area contributed by atoms with Gasteiger partial charge >= 0.3 is 0 Å². The summed E-state index contributed by atoms with van der Waals surface area (Å²) in [5.74, 6) is 1.58. The van der Waals surface area contributed by atoms with Gasteiger partial charge in [-0.2, -0.15) is 0 Å². The first-order chi connectivity index (χ1) is 12.6. The molecule has 1 aliphatic carbocycles. The highest BCUT2D eigenvalue weighted by Gasteiger charge is 2.21. The lowest BCUT2D eigenvalue weighted by molar-refractivity contribution is 0.483. The molecule has 0 fully saturated rings. The summed E-state index contributed by atoms with van der Waals surface area (Å²) in [5, 5.41) is 0. The van der Waals surface area contributed by atoms with Crippen LogP contribution in [0, 0.1) is 6.92 Å². The van der Waals surface area contributed by atoms with E-state index in [4.69, 9.17) is 4.74 Å². The Morgan fingerprint density at radius 2 is 1.54 bits per heavy atom. The van der Waals surface area contributed by atoms with E-state index < -0.39 is 0 Å². The fourth-order valence-electron chi connectivity index (χ4n) is 3.84. The van der Waals surface area contributed by atoms with Gasteiger partial charge < -0.3 is 9.30 Å². The number of hydrogen-bond donors (Lipinski definition) is 0. The van der Waals surface area contributed by atoms with Crippen LogP contribution in [0.1, 0.15) is 29.8 Å². The van der Waals surface area contributed by atoms with Gasteiger partial charge in [0.15, 0.2) is 5.43 Å². The van der Waals surface area contributed by atoms with Crippen molar-refractivity contribution in [3.8, 4) is 22.6 Å². The summed E-state index contributed by atoms with van der Waals surface area (Å²) < 4.78 is 8.07. The number of ether oxygens (including phenoxy) is 1. The van der Waals surface area contributed by atoms with E-state index in [1.807, 2.05) is 61.5 Å². The number of nitrogens with zero attached hydrogens (tertiary/aromatic N) is 1. The molecule has 3 heteroatoms. The van der Waals surface area contributed by atoms with Gasteiger partial charge in [-0.25, -0.2) is 0 Å². The number of benzene rings is 2. The first-order valence-electron chi connectivity index (χ1n) is 9.20. The SMILES string of the molecule is Cc1c(-c2ccc(Oc3ccccc3)cc2)c(=O)c2c(n1C)CCCC2. The van der Waals surface area contributed by atoms with Gasteiger partial charge in [0.2, 0.25) is 0 Å². The lowest BCUT2D eigenvalue weighted by atomic mass is 9.91. The molecule has 0 aliphatic heterocycles. The van der Waals surface area contributed by atoms with Crippen LogP contribution in [0.25, 0.3) is 11.1 Å². The van der Waals surface area contributed by atoms with Gasteiger partial charge in [0.25, 0.3) is 0 Å².